The van der Waals surface area contributed by atoms with Crippen molar-refractivity contribution in [1.29, 1.82) is 0 Å². The summed E-state index contributed by atoms with van der Waals surface area (Å²) in [5.74, 6) is -0.564. The third-order valence-corrected chi connectivity index (χ3v) is 3.87. The van der Waals surface area contributed by atoms with E-state index in [4.69, 9.17) is 9.57 Å². The maximum Gasteiger partial charge on any atom is 0.356 e. The first-order valence-electron chi connectivity index (χ1n) is 6.15. The van der Waals surface area contributed by atoms with Crippen LogP contribution in [0.1, 0.15) is 23.1 Å². The van der Waals surface area contributed by atoms with Gasteiger partial charge in [-0.25, -0.2) is 4.79 Å². The molecule has 2 aliphatic rings. The smallest absolute Gasteiger partial charge is 0.356 e. The summed E-state index contributed by atoms with van der Waals surface area (Å²) in [5, 5.41) is 6.26. The Hall–Kier alpha value is -2.36. The molecule has 0 N–H and O–H groups in total. The summed E-state index contributed by atoms with van der Waals surface area (Å²) >= 11 is 0. The van der Waals surface area contributed by atoms with E-state index in [9.17, 15) is 4.79 Å². The summed E-state index contributed by atoms with van der Waals surface area (Å²) in [6, 6.07) is 12.2. The van der Waals surface area contributed by atoms with Gasteiger partial charge in [0.2, 0.25) is 0 Å². The Bertz CT molecular complexity index is 730. The molecular weight excluding hydrogens is 242 g/mol. The van der Waals surface area contributed by atoms with Crippen molar-refractivity contribution in [3.8, 4) is 0 Å². The van der Waals surface area contributed by atoms with Gasteiger partial charge in [0.15, 0.2) is 11.8 Å². The van der Waals surface area contributed by atoms with Crippen LogP contribution >= 0.6 is 0 Å². The second kappa shape index (κ2) is 3.57. The van der Waals surface area contributed by atoms with Gasteiger partial charge in [-0.15, -0.1) is 0 Å². The highest BCUT2D eigenvalue weighted by Crippen LogP contribution is 2.50. The van der Waals surface area contributed by atoms with Crippen LogP contribution in [-0.2, 0) is 14.4 Å². The largest absolute Gasteiger partial charge is 0.464 e. The van der Waals surface area contributed by atoms with Gasteiger partial charge < -0.3 is 9.57 Å². The lowest BCUT2D eigenvalue weighted by Gasteiger charge is -2.10. The molecule has 0 fully saturated rings. The van der Waals surface area contributed by atoms with Gasteiger partial charge in [-0.05, 0) is 16.3 Å². The molecular formula is C15H11NO3. The lowest BCUT2D eigenvalue weighted by atomic mass is 9.94. The van der Waals surface area contributed by atoms with Crippen LogP contribution in [0, 0.1) is 0 Å². The second-order valence-corrected chi connectivity index (χ2v) is 4.76. The molecule has 0 spiro atoms. The van der Waals surface area contributed by atoms with Crippen LogP contribution < -0.4 is 0 Å². The van der Waals surface area contributed by atoms with Crippen LogP contribution in [0.25, 0.3) is 10.8 Å². The van der Waals surface area contributed by atoms with E-state index >= 15 is 0 Å². The summed E-state index contributed by atoms with van der Waals surface area (Å²) < 4.78 is 4.79. The monoisotopic (exact) mass is 253 g/mol. The number of esters is 1. The highest BCUT2D eigenvalue weighted by Gasteiger charge is 2.46. The Morgan fingerprint density at radius 3 is 2.68 bits per heavy atom. The van der Waals surface area contributed by atoms with E-state index in [-0.39, 0.29) is 12.0 Å². The summed E-state index contributed by atoms with van der Waals surface area (Å²) in [7, 11) is 1.36. The number of hydrogen-bond acceptors (Lipinski definition) is 4. The van der Waals surface area contributed by atoms with Gasteiger partial charge in [-0.2, -0.15) is 0 Å². The van der Waals surface area contributed by atoms with Gasteiger partial charge >= 0.3 is 5.97 Å². The lowest BCUT2D eigenvalue weighted by Crippen LogP contribution is -2.21. The number of fused-ring (bicyclic) bond motifs is 3. The zero-order valence-corrected chi connectivity index (χ0v) is 10.3. The molecule has 2 aromatic carbocycles. The van der Waals surface area contributed by atoms with Crippen molar-refractivity contribution in [2.24, 2.45) is 5.16 Å². The first-order valence-corrected chi connectivity index (χ1v) is 6.15. The van der Waals surface area contributed by atoms with E-state index < -0.39 is 5.97 Å². The summed E-state index contributed by atoms with van der Waals surface area (Å²) in [4.78, 5) is 17.3. The van der Waals surface area contributed by atoms with Crippen molar-refractivity contribution < 1.29 is 14.4 Å². The van der Waals surface area contributed by atoms with Crippen LogP contribution in [0.2, 0.25) is 0 Å². The first kappa shape index (κ1) is 10.6. The SMILES string of the molecule is COC(=O)C1=NOC2c3cccc4cccc(c34)C12. The molecule has 1 aliphatic heterocycles. The minimum absolute atomic E-state index is 0.145. The van der Waals surface area contributed by atoms with E-state index in [2.05, 4.69) is 17.3 Å². The quantitative estimate of drug-likeness (QED) is 0.734. The number of methoxy groups -OCH3 is 1. The fourth-order valence-electron chi connectivity index (χ4n) is 3.09. The molecule has 4 rings (SSSR count). The molecule has 0 radical (unpaired) electrons. The molecule has 0 saturated carbocycles. The van der Waals surface area contributed by atoms with Crippen LogP contribution in [0.3, 0.4) is 0 Å². The standard InChI is InChI=1S/C15H11NO3/c1-18-15(17)13-12-9-6-2-4-8-5-3-7-10(11(8)9)14(12)19-16-13/h2-7,12,14H,1H3. The fourth-order valence-corrected chi connectivity index (χ4v) is 3.09. The molecule has 2 atom stereocenters. The van der Waals surface area contributed by atoms with Crippen LogP contribution in [0.15, 0.2) is 41.6 Å². The number of carbonyl (C=O) groups excluding carboxylic acids is 1. The third kappa shape index (κ3) is 1.23. The average Bonchev–Trinajstić information content (AvgIpc) is 3.00. The third-order valence-electron chi connectivity index (χ3n) is 3.87. The Balaban J connectivity index is 1.96. The van der Waals surface area contributed by atoms with Gasteiger partial charge in [0.05, 0.1) is 13.0 Å². The highest BCUT2D eigenvalue weighted by molar-refractivity contribution is 6.39. The fraction of sp³-hybridized carbons (Fsp3) is 0.200. The van der Waals surface area contributed by atoms with E-state index in [1.165, 1.54) is 12.5 Å². The Labute approximate surface area is 109 Å². The Morgan fingerprint density at radius 1 is 1.21 bits per heavy atom. The Morgan fingerprint density at radius 2 is 1.95 bits per heavy atom. The molecule has 0 aromatic heterocycles. The molecule has 19 heavy (non-hydrogen) atoms. The average molecular weight is 253 g/mol. The predicted octanol–water partition coefficient (Wildman–Crippen LogP) is 2.54. The highest BCUT2D eigenvalue weighted by atomic mass is 16.6. The van der Waals surface area contributed by atoms with Crippen molar-refractivity contribution in [1.82, 2.24) is 0 Å². The van der Waals surface area contributed by atoms with E-state index in [1.54, 1.807) is 0 Å². The number of nitrogens with zero attached hydrogens (tertiary/aromatic N) is 1. The molecule has 0 saturated heterocycles. The topological polar surface area (TPSA) is 47.9 Å². The Kier molecular flexibility index (Phi) is 1.98. The van der Waals surface area contributed by atoms with E-state index in [0.29, 0.717) is 5.71 Å². The zero-order valence-electron chi connectivity index (χ0n) is 10.3. The molecule has 4 heteroatoms. The molecule has 94 valence electrons. The molecule has 1 heterocycles. The van der Waals surface area contributed by atoms with Crippen molar-refractivity contribution in [3.63, 3.8) is 0 Å². The zero-order chi connectivity index (χ0) is 13.0. The normalized spacial score (nSPS) is 22.9. The summed E-state index contributed by atoms with van der Waals surface area (Å²) in [6.45, 7) is 0. The van der Waals surface area contributed by atoms with Crippen molar-refractivity contribution in [2.75, 3.05) is 7.11 Å². The minimum atomic E-state index is -0.419. The number of hydrogen-bond donors (Lipinski definition) is 0. The van der Waals surface area contributed by atoms with Crippen LogP contribution in [-0.4, -0.2) is 18.8 Å². The minimum Gasteiger partial charge on any atom is -0.464 e. The molecule has 4 nitrogen and oxygen atoms in total. The summed E-state index contributed by atoms with van der Waals surface area (Å²) in [6.07, 6.45) is -0.199. The van der Waals surface area contributed by atoms with Crippen molar-refractivity contribution >= 4 is 22.5 Å². The van der Waals surface area contributed by atoms with E-state index in [1.807, 2.05) is 24.3 Å². The van der Waals surface area contributed by atoms with E-state index in [0.717, 1.165) is 16.5 Å². The molecule has 0 bridgehead atoms. The van der Waals surface area contributed by atoms with Crippen LogP contribution in [0.4, 0.5) is 0 Å². The van der Waals surface area contributed by atoms with Gasteiger partial charge in [-0.3, -0.25) is 0 Å². The molecule has 2 unspecified atom stereocenters. The number of ether oxygens (including phenoxy) is 1. The number of carbonyl (C=O) groups is 1. The predicted molar refractivity (Wildman–Crippen MR) is 70.0 cm³/mol. The number of oxime groups is 1. The first-order chi connectivity index (χ1) is 9.31. The number of benzene rings is 2. The molecule has 2 aromatic rings. The van der Waals surface area contributed by atoms with Gasteiger partial charge in [-0.1, -0.05) is 41.6 Å². The van der Waals surface area contributed by atoms with Crippen molar-refractivity contribution in [2.45, 2.75) is 12.0 Å². The van der Waals surface area contributed by atoms with Gasteiger partial charge in [0.25, 0.3) is 0 Å². The molecule has 1 aliphatic carbocycles. The van der Waals surface area contributed by atoms with Crippen LogP contribution in [0.5, 0.6) is 0 Å². The maximum absolute atomic E-state index is 11.8. The summed E-state index contributed by atoms with van der Waals surface area (Å²) in [5.41, 5.74) is 2.55. The lowest BCUT2D eigenvalue weighted by molar-refractivity contribution is -0.132. The van der Waals surface area contributed by atoms with Crippen molar-refractivity contribution in [3.05, 3.63) is 47.5 Å². The van der Waals surface area contributed by atoms with Gasteiger partial charge in [0, 0.05) is 5.56 Å². The molecule has 0 amide bonds. The number of rotatable bonds is 1. The van der Waals surface area contributed by atoms with Gasteiger partial charge in [0.1, 0.15) is 0 Å². The second-order valence-electron chi connectivity index (χ2n) is 4.76. The maximum atomic E-state index is 11.8.